The summed E-state index contributed by atoms with van der Waals surface area (Å²) in [6.07, 6.45) is 0.148. The minimum absolute atomic E-state index is 0.0196. The van der Waals surface area contributed by atoms with Gasteiger partial charge in [-0.25, -0.2) is 4.98 Å². The van der Waals surface area contributed by atoms with E-state index in [-0.39, 0.29) is 31.7 Å². The number of methoxy groups -OCH3 is 2. The fourth-order valence-corrected chi connectivity index (χ4v) is 3.29. The van der Waals surface area contributed by atoms with Gasteiger partial charge in [0.05, 0.1) is 14.2 Å². The van der Waals surface area contributed by atoms with Crippen LogP contribution in [-0.2, 0) is 24.4 Å². The molecule has 33 heavy (non-hydrogen) atoms. The maximum absolute atomic E-state index is 13.1. The van der Waals surface area contributed by atoms with Gasteiger partial charge in [0, 0.05) is 36.0 Å². The zero-order valence-corrected chi connectivity index (χ0v) is 18.8. The Morgan fingerprint density at radius 3 is 2.42 bits per heavy atom. The van der Waals surface area contributed by atoms with E-state index in [9.17, 15) is 14.7 Å². The van der Waals surface area contributed by atoms with Crippen LogP contribution in [-0.4, -0.2) is 41.4 Å². The molecule has 9 nitrogen and oxygen atoms in total. The second-order valence-electron chi connectivity index (χ2n) is 7.20. The number of aromatic nitrogens is 2. The van der Waals surface area contributed by atoms with Crippen molar-refractivity contribution in [3.63, 3.8) is 0 Å². The Balaban J connectivity index is 1.85. The first-order valence-electron chi connectivity index (χ1n) is 10.4. The zero-order valence-electron chi connectivity index (χ0n) is 18.8. The SMILES string of the molecule is COc1ccc(OCc2nc(C)c(CCO)c(=O)n2CC(=O)Nc2cccc(OC)c2)cc1. The van der Waals surface area contributed by atoms with Crippen LogP contribution in [0.15, 0.2) is 53.3 Å². The molecule has 0 spiro atoms. The van der Waals surface area contributed by atoms with E-state index >= 15 is 0 Å². The lowest BCUT2D eigenvalue weighted by atomic mass is 10.1. The van der Waals surface area contributed by atoms with Crippen LogP contribution in [0.2, 0.25) is 0 Å². The number of hydrogen-bond acceptors (Lipinski definition) is 7. The largest absolute Gasteiger partial charge is 0.497 e. The van der Waals surface area contributed by atoms with Crippen molar-refractivity contribution >= 4 is 11.6 Å². The summed E-state index contributed by atoms with van der Waals surface area (Å²) in [4.78, 5) is 30.4. The fraction of sp³-hybridized carbons (Fsp3) is 0.292. The van der Waals surface area contributed by atoms with Crippen LogP contribution >= 0.6 is 0 Å². The Morgan fingerprint density at radius 1 is 1.06 bits per heavy atom. The highest BCUT2D eigenvalue weighted by Gasteiger charge is 2.17. The number of aliphatic hydroxyl groups excluding tert-OH is 1. The number of aliphatic hydroxyl groups is 1. The maximum atomic E-state index is 13.1. The monoisotopic (exact) mass is 453 g/mol. The lowest BCUT2D eigenvalue weighted by Crippen LogP contribution is -2.34. The molecule has 2 aromatic carbocycles. The van der Waals surface area contributed by atoms with Gasteiger partial charge in [-0.2, -0.15) is 0 Å². The summed E-state index contributed by atoms with van der Waals surface area (Å²) in [6.45, 7) is 1.22. The molecule has 1 aromatic heterocycles. The molecular weight excluding hydrogens is 426 g/mol. The Morgan fingerprint density at radius 2 is 1.76 bits per heavy atom. The topological polar surface area (TPSA) is 112 Å². The number of benzene rings is 2. The number of rotatable bonds is 10. The molecule has 2 N–H and O–H groups in total. The zero-order chi connectivity index (χ0) is 23.8. The van der Waals surface area contributed by atoms with Gasteiger partial charge in [-0.05, 0) is 43.3 Å². The van der Waals surface area contributed by atoms with Gasteiger partial charge in [-0.3, -0.25) is 14.2 Å². The molecule has 0 saturated heterocycles. The molecule has 0 bridgehead atoms. The number of carbonyl (C=O) groups excluding carboxylic acids is 1. The normalized spacial score (nSPS) is 10.5. The molecule has 0 fully saturated rings. The van der Waals surface area contributed by atoms with Crippen LogP contribution in [0.4, 0.5) is 5.69 Å². The van der Waals surface area contributed by atoms with Gasteiger partial charge < -0.3 is 24.6 Å². The number of amides is 1. The van der Waals surface area contributed by atoms with Crippen molar-refractivity contribution < 1.29 is 24.1 Å². The summed E-state index contributed by atoms with van der Waals surface area (Å²) in [5.41, 5.74) is 1.01. The third-order valence-electron chi connectivity index (χ3n) is 4.99. The number of aryl methyl sites for hydroxylation is 1. The molecule has 1 amide bonds. The molecule has 9 heteroatoms. The van der Waals surface area contributed by atoms with E-state index in [0.717, 1.165) is 0 Å². The quantitative estimate of drug-likeness (QED) is 0.485. The van der Waals surface area contributed by atoms with Crippen molar-refractivity contribution in [2.45, 2.75) is 26.5 Å². The molecule has 3 aromatic rings. The first-order valence-corrected chi connectivity index (χ1v) is 10.4. The highest BCUT2D eigenvalue weighted by atomic mass is 16.5. The molecule has 0 aliphatic heterocycles. The lowest BCUT2D eigenvalue weighted by Gasteiger charge is -2.16. The lowest BCUT2D eigenvalue weighted by molar-refractivity contribution is -0.116. The molecule has 0 aliphatic carbocycles. The van der Waals surface area contributed by atoms with Gasteiger partial charge in [0.25, 0.3) is 5.56 Å². The van der Waals surface area contributed by atoms with Crippen molar-refractivity contribution in [3.05, 3.63) is 76.0 Å². The summed E-state index contributed by atoms with van der Waals surface area (Å²) in [5, 5.41) is 12.1. The average Bonchev–Trinajstić information content (AvgIpc) is 2.83. The van der Waals surface area contributed by atoms with E-state index in [1.807, 2.05) is 0 Å². The molecule has 0 unspecified atom stereocenters. The molecule has 0 radical (unpaired) electrons. The predicted molar refractivity (Wildman–Crippen MR) is 123 cm³/mol. The Labute approximate surface area is 191 Å². The van der Waals surface area contributed by atoms with Crippen LogP contribution in [0.25, 0.3) is 0 Å². The van der Waals surface area contributed by atoms with Gasteiger partial charge >= 0.3 is 0 Å². The van der Waals surface area contributed by atoms with Crippen LogP contribution < -0.4 is 25.1 Å². The fourth-order valence-electron chi connectivity index (χ4n) is 3.29. The Kier molecular flexibility index (Phi) is 8.04. The third kappa shape index (κ3) is 6.11. The second kappa shape index (κ2) is 11.1. The maximum Gasteiger partial charge on any atom is 0.257 e. The standard InChI is InChI=1S/C24H27N3O6/c1-16-21(11-12-28)24(30)27(14-23(29)26-17-5-4-6-20(13-17)32-3)22(25-16)15-33-19-9-7-18(31-2)8-10-19/h4-10,13,28H,11-12,14-15H2,1-3H3,(H,26,29). The molecular formula is C24H27N3O6. The van der Waals surface area contributed by atoms with Crippen molar-refractivity contribution in [3.8, 4) is 17.2 Å². The van der Waals surface area contributed by atoms with E-state index < -0.39 is 5.91 Å². The van der Waals surface area contributed by atoms with Gasteiger partial charge in [-0.15, -0.1) is 0 Å². The van der Waals surface area contributed by atoms with Gasteiger partial charge in [0.15, 0.2) is 0 Å². The summed E-state index contributed by atoms with van der Waals surface area (Å²) >= 11 is 0. The van der Waals surface area contributed by atoms with Crippen molar-refractivity contribution in [1.82, 2.24) is 9.55 Å². The summed E-state index contributed by atoms with van der Waals surface area (Å²) in [7, 11) is 3.11. The number of nitrogens with one attached hydrogen (secondary N) is 1. The third-order valence-corrected chi connectivity index (χ3v) is 4.99. The molecule has 1 heterocycles. The Bertz CT molecular complexity index is 1160. The number of ether oxygens (including phenoxy) is 3. The number of hydrogen-bond donors (Lipinski definition) is 2. The van der Waals surface area contributed by atoms with Crippen LogP contribution in [0.5, 0.6) is 17.2 Å². The highest BCUT2D eigenvalue weighted by molar-refractivity contribution is 5.90. The van der Waals surface area contributed by atoms with E-state index in [2.05, 4.69) is 10.3 Å². The van der Waals surface area contributed by atoms with E-state index in [4.69, 9.17) is 14.2 Å². The van der Waals surface area contributed by atoms with Crippen molar-refractivity contribution in [2.75, 3.05) is 26.1 Å². The average molecular weight is 453 g/mol. The Hall–Kier alpha value is -3.85. The smallest absolute Gasteiger partial charge is 0.257 e. The van der Waals surface area contributed by atoms with E-state index in [0.29, 0.717) is 40.0 Å². The predicted octanol–water partition coefficient (Wildman–Crippen LogP) is 2.32. The molecule has 0 atom stereocenters. The minimum Gasteiger partial charge on any atom is -0.497 e. The molecule has 0 saturated carbocycles. The first kappa shape index (κ1) is 23.8. The molecule has 174 valence electrons. The highest BCUT2D eigenvalue weighted by Crippen LogP contribution is 2.19. The van der Waals surface area contributed by atoms with Crippen molar-refractivity contribution in [1.29, 1.82) is 0 Å². The number of anilines is 1. The second-order valence-corrected chi connectivity index (χ2v) is 7.20. The van der Waals surface area contributed by atoms with Crippen LogP contribution in [0.1, 0.15) is 17.1 Å². The first-order chi connectivity index (χ1) is 15.9. The van der Waals surface area contributed by atoms with Gasteiger partial charge in [0.2, 0.25) is 5.91 Å². The van der Waals surface area contributed by atoms with E-state index in [1.54, 1.807) is 62.6 Å². The summed E-state index contributed by atoms with van der Waals surface area (Å²) in [5.74, 6) is 1.75. The summed E-state index contributed by atoms with van der Waals surface area (Å²) < 4.78 is 17.4. The minimum atomic E-state index is -0.406. The summed E-state index contributed by atoms with van der Waals surface area (Å²) in [6, 6.07) is 13.9. The van der Waals surface area contributed by atoms with Gasteiger partial charge in [0.1, 0.15) is 36.2 Å². The number of carbonyl (C=O) groups is 1. The van der Waals surface area contributed by atoms with Crippen LogP contribution in [0.3, 0.4) is 0 Å². The molecule has 3 rings (SSSR count). The van der Waals surface area contributed by atoms with Crippen molar-refractivity contribution in [2.24, 2.45) is 0 Å². The number of nitrogens with zero attached hydrogens (tertiary/aromatic N) is 2. The van der Waals surface area contributed by atoms with Crippen LogP contribution in [0, 0.1) is 6.92 Å². The van der Waals surface area contributed by atoms with Gasteiger partial charge in [-0.1, -0.05) is 6.07 Å². The molecule has 0 aliphatic rings. The van der Waals surface area contributed by atoms with E-state index in [1.165, 1.54) is 11.7 Å².